The molecule has 0 radical (unpaired) electrons. The maximum atomic E-state index is 13.2. The topological polar surface area (TPSA) is 93.1 Å². The number of benzene rings is 1. The van der Waals surface area contributed by atoms with Crippen LogP contribution < -0.4 is 16.2 Å². The Morgan fingerprint density at radius 3 is 2.84 bits per heavy atom. The SMILES string of the molecule is C=C(CC)Nc1cccc2nc(C)n(C3CCC(=O)NC3=O)c(=O)c12. The van der Waals surface area contributed by atoms with Crippen LogP contribution in [0.2, 0.25) is 0 Å². The van der Waals surface area contributed by atoms with E-state index in [1.807, 2.05) is 13.0 Å². The smallest absolute Gasteiger partial charge is 0.264 e. The van der Waals surface area contributed by atoms with E-state index in [4.69, 9.17) is 0 Å². The summed E-state index contributed by atoms with van der Waals surface area (Å²) >= 11 is 0. The minimum absolute atomic E-state index is 0.201. The third-order valence-corrected chi connectivity index (χ3v) is 4.37. The standard InChI is InChI=1S/C18H20N4O3/c1-4-10(2)19-12-6-5-7-13-16(12)18(25)22(11(3)20-13)14-8-9-15(23)21-17(14)24/h5-7,14,19H,2,4,8-9H2,1,3H3,(H,21,23,24). The van der Waals surface area contributed by atoms with Gasteiger partial charge in [0.15, 0.2) is 0 Å². The molecule has 3 rings (SSSR count). The lowest BCUT2D eigenvalue weighted by atomic mass is 10.1. The molecule has 2 heterocycles. The monoisotopic (exact) mass is 340 g/mol. The van der Waals surface area contributed by atoms with Crippen molar-refractivity contribution in [2.45, 2.75) is 39.2 Å². The molecule has 25 heavy (non-hydrogen) atoms. The number of aryl methyl sites for hydroxylation is 1. The second-order valence-corrected chi connectivity index (χ2v) is 6.08. The van der Waals surface area contributed by atoms with Crippen molar-refractivity contribution in [1.29, 1.82) is 0 Å². The second-order valence-electron chi connectivity index (χ2n) is 6.08. The van der Waals surface area contributed by atoms with Gasteiger partial charge in [-0.1, -0.05) is 19.6 Å². The first-order chi connectivity index (χ1) is 11.9. The van der Waals surface area contributed by atoms with E-state index in [1.54, 1.807) is 19.1 Å². The molecule has 2 aromatic rings. The first-order valence-electron chi connectivity index (χ1n) is 8.22. The van der Waals surface area contributed by atoms with Crippen LogP contribution >= 0.6 is 0 Å². The van der Waals surface area contributed by atoms with E-state index in [9.17, 15) is 14.4 Å². The number of nitrogens with one attached hydrogen (secondary N) is 2. The molecule has 1 aliphatic heterocycles. The van der Waals surface area contributed by atoms with Gasteiger partial charge in [0.2, 0.25) is 11.8 Å². The highest BCUT2D eigenvalue weighted by Gasteiger charge is 2.30. The summed E-state index contributed by atoms with van der Waals surface area (Å²) in [7, 11) is 0. The average molecular weight is 340 g/mol. The van der Waals surface area contributed by atoms with Gasteiger partial charge in [-0.2, -0.15) is 0 Å². The molecule has 0 aliphatic carbocycles. The normalized spacial score (nSPS) is 17.4. The number of imide groups is 1. The third-order valence-electron chi connectivity index (χ3n) is 4.37. The van der Waals surface area contributed by atoms with E-state index >= 15 is 0 Å². The Morgan fingerprint density at radius 2 is 2.16 bits per heavy atom. The van der Waals surface area contributed by atoms with Gasteiger partial charge < -0.3 is 5.32 Å². The van der Waals surface area contributed by atoms with Gasteiger partial charge in [0.25, 0.3) is 5.56 Å². The fraction of sp³-hybridized carbons (Fsp3) is 0.333. The predicted molar refractivity (Wildman–Crippen MR) is 95.2 cm³/mol. The van der Waals surface area contributed by atoms with Gasteiger partial charge >= 0.3 is 0 Å². The van der Waals surface area contributed by atoms with Crippen molar-refractivity contribution in [1.82, 2.24) is 14.9 Å². The minimum Gasteiger partial charge on any atom is -0.359 e. The summed E-state index contributed by atoms with van der Waals surface area (Å²) in [5.74, 6) is -0.341. The zero-order chi connectivity index (χ0) is 18.1. The Hall–Kier alpha value is -2.96. The van der Waals surface area contributed by atoms with Crippen molar-refractivity contribution in [2.75, 3.05) is 5.32 Å². The van der Waals surface area contributed by atoms with Crippen molar-refractivity contribution in [2.24, 2.45) is 0 Å². The van der Waals surface area contributed by atoms with Gasteiger partial charge in [0.1, 0.15) is 11.9 Å². The average Bonchev–Trinajstić information content (AvgIpc) is 2.56. The molecule has 0 bridgehead atoms. The van der Waals surface area contributed by atoms with Crippen molar-refractivity contribution < 1.29 is 9.59 Å². The number of carbonyl (C=O) groups excluding carboxylic acids is 2. The lowest BCUT2D eigenvalue weighted by Crippen LogP contribution is -2.45. The van der Waals surface area contributed by atoms with E-state index in [2.05, 4.69) is 22.2 Å². The minimum atomic E-state index is -0.732. The summed E-state index contributed by atoms with van der Waals surface area (Å²) in [6.45, 7) is 7.57. The van der Waals surface area contributed by atoms with Crippen LogP contribution in [0.25, 0.3) is 10.9 Å². The second kappa shape index (κ2) is 6.51. The van der Waals surface area contributed by atoms with Gasteiger partial charge in [0.05, 0.1) is 16.6 Å². The van der Waals surface area contributed by atoms with Crippen LogP contribution in [-0.4, -0.2) is 21.4 Å². The number of carbonyl (C=O) groups is 2. The quantitative estimate of drug-likeness (QED) is 0.831. The molecule has 130 valence electrons. The van der Waals surface area contributed by atoms with Crippen LogP contribution in [0.4, 0.5) is 5.69 Å². The molecular formula is C18H20N4O3. The number of rotatable bonds is 4. The number of allylic oxidation sites excluding steroid dienone is 1. The first-order valence-corrected chi connectivity index (χ1v) is 8.22. The zero-order valence-electron chi connectivity index (χ0n) is 14.3. The van der Waals surface area contributed by atoms with Crippen LogP contribution in [-0.2, 0) is 9.59 Å². The number of piperidine rings is 1. The third kappa shape index (κ3) is 3.05. The number of aromatic nitrogens is 2. The summed E-state index contributed by atoms with van der Waals surface area (Å²) in [6, 6.07) is 4.63. The first kappa shape index (κ1) is 16.9. The summed E-state index contributed by atoms with van der Waals surface area (Å²) < 4.78 is 1.38. The predicted octanol–water partition coefficient (Wildman–Crippen LogP) is 2.02. The van der Waals surface area contributed by atoms with Gasteiger partial charge in [-0.25, -0.2) is 4.98 Å². The molecule has 1 unspecified atom stereocenters. The molecule has 7 nitrogen and oxygen atoms in total. The Balaban J connectivity index is 2.19. The highest BCUT2D eigenvalue weighted by molar-refractivity contribution is 5.99. The Kier molecular flexibility index (Phi) is 4.39. The van der Waals surface area contributed by atoms with Crippen LogP contribution in [0, 0.1) is 6.92 Å². The molecule has 7 heteroatoms. The van der Waals surface area contributed by atoms with E-state index < -0.39 is 11.9 Å². The largest absolute Gasteiger partial charge is 0.359 e. The lowest BCUT2D eigenvalue weighted by molar-refractivity contribution is -0.135. The molecule has 0 saturated carbocycles. The fourth-order valence-corrected chi connectivity index (χ4v) is 3.03. The zero-order valence-corrected chi connectivity index (χ0v) is 14.3. The lowest BCUT2D eigenvalue weighted by Gasteiger charge is -2.24. The van der Waals surface area contributed by atoms with Gasteiger partial charge in [-0.3, -0.25) is 24.3 Å². The van der Waals surface area contributed by atoms with Gasteiger partial charge in [-0.15, -0.1) is 0 Å². The van der Waals surface area contributed by atoms with Crippen molar-refractivity contribution in [3.8, 4) is 0 Å². The number of amides is 2. The van der Waals surface area contributed by atoms with E-state index in [0.29, 0.717) is 22.4 Å². The maximum absolute atomic E-state index is 13.2. The molecule has 1 aliphatic rings. The van der Waals surface area contributed by atoms with Crippen LogP contribution in [0.5, 0.6) is 0 Å². The molecule has 0 spiro atoms. The van der Waals surface area contributed by atoms with Crippen LogP contribution in [0.1, 0.15) is 38.1 Å². The summed E-state index contributed by atoms with van der Waals surface area (Å²) in [5.41, 5.74) is 1.65. The van der Waals surface area contributed by atoms with Crippen molar-refractivity contribution in [3.05, 3.63) is 46.7 Å². The Labute approximate surface area is 144 Å². The summed E-state index contributed by atoms with van der Waals surface area (Å²) in [5, 5.41) is 5.84. The molecule has 1 saturated heterocycles. The molecule has 2 N–H and O–H groups in total. The molecule has 1 aromatic heterocycles. The van der Waals surface area contributed by atoms with E-state index in [1.165, 1.54) is 4.57 Å². The number of hydrogen-bond acceptors (Lipinski definition) is 5. The van der Waals surface area contributed by atoms with Crippen LogP contribution in [0.3, 0.4) is 0 Å². The van der Waals surface area contributed by atoms with Crippen molar-refractivity contribution in [3.63, 3.8) is 0 Å². The van der Waals surface area contributed by atoms with Gasteiger partial charge in [-0.05, 0) is 31.9 Å². The number of nitrogens with zero attached hydrogens (tertiary/aromatic N) is 2. The number of anilines is 1. The fourth-order valence-electron chi connectivity index (χ4n) is 3.03. The molecule has 1 aromatic carbocycles. The Morgan fingerprint density at radius 1 is 1.40 bits per heavy atom. The Bertz CT molecular complexity index is 945. The van der Waals surface area contributed by atoms with E-state index in [0.717, 1.165) is 12.1 Å². The van der Waals surface area contributed by atoms with Crippen molar-refractivity contribution >= 4 is 28.4 Å². The summed E-state index contributed by atoms with van der Waals surface area (Å²) in [4.78, 5) is 41.2. The van der Waals surface area contributed by atoms with Gasteiger partial charge in [0, 0.05) is 12.1 Å². The molecule has 1 fully saturated rings. The van der Waals surface area contributed by atoms with E-state index in [-0.39, 0.29) is 24.3 Å². The number of hydrogen-bond donors (Lipinski definition) is 2. The van der Waals surface area contributed by atoms with Crippen LogP contribution in [0.15, 0.2) is 35.3 Å². The molecule has 2 amide bonds. The highest BCUT2D eigenvalue weighted by Crippen LogP contribution is 2.24. The maximum Gasteiger partial charge on any atom is 0.264 e. The molecular weight excluding hydrogens is 320 g/mol. The summed E-state index contributed by atoms with van der Waals surface area (Å²) in [6.07, 6.45) is 1.21. The molecule has 1 atom stereocenters. The highest BCUT2D eigenvalue weighted by atomic mass is 16.2. The number of fused-ring (bicyclic) bond motifs is 1.